The highest BCUT2D eigenvalue weighted by Gasteiger charge is 2.36. The molecule has 7 atom stereocenters. The minimum atomic E-state index is -0.938. The molecule has 0 radical (unpaired) electrons. The quantitative estimate of drug-likeness (QED) is 0.372. The monoisotopic (exact) mass is 576 g/mol. The van der Waals surface area contributed by atoms with Crippen LogP contribution in [0.3, 0.4) is 0 Å². The zero-order valence-corrected chi connectivity index (χ0v) is 25.2. The van der Waals surface area contributed by atoms with Crippen molar-refractivity contribution in [3.05, 3.63) is 46.7 Å². The molecule has 1 aliphatic heterocycles. The second-order valence-electron chi connectivity index (χ2n) is 10.6. The number of fused-ring (bicyclic) bond motifs is 2. The van der Waals surface area contributed by atoms with Crippen LogP contribution in [-0.4, -0.2) is 82.5 Å². The molecule has 2 rings (SSSR count). The number of methoxy groups -OCH3 is 4. The van der Waals surface area contributed by atoms with Crippen LogP contribution in [0, 0.1) is 11.8 Å². The summed E-state index contributed by atoms with van der Waals surface area (Å²) in [5, 5.41) is 2.58. The molecule has 0 saturated heterocycles. The molecule has 11 nitrogen and oxygen atoms in total. The molecular formula is C30H44N2O9. The van der Waals surface area contributed by atoms with Gasteiger partial charge in [0.15, 0.2) is 11.9 Å². The number of rotatable bonds is 5. The third-order valence-corrected chi connectivity index (χ3v) is 7.60. The molecule has 11 heteroatoms. The molecule has 0 saturated carbocycles. The predicted octanol–water partition coefficient (Wildman–Crippen LogP) is 2.94. The lowest BCUT2D eigenvalue weighted by Crippen LogP contribution is -2.41. The number of hydrogen-bond acceptors (Lipinski definition) is 9. The Bertz CT molecular complexity index is 1110. The Balaban J connectivity index is 2.60. The first-order valence-corrected chi connectivity index (χ1v) is 13.6. The Hall–Kier alpha value is -3.12. The van der Waals surface area contributed by atoms with E-state index in [1.54, 1.807) is 27.2 Å². The first kappa shape index (κ1) is 34.1. The van der Waals surface area contributed by atoms with Gasteiger partial charge in [-0.1, -0.05) is 26.0 Å². The topological polar surface area (TPSA) is 152 Å². The van der Waals surface area contributed by atoms with Gasteiger partial charge in [-0.3, -0.25) is 14.4 Å². The Labute approximate surface area is 242 Å². The Morgan fingerprint density at radius 3 is 2.15 bits per heavy atom. The summed E-state index contributed by atoms with van der Waals surface area (Å²) in [4.78, 5) is 50.7. The second-order valence-corrected chi connectivity index (χ2v) is 10.6. The van der Waals surface area contributed by atoms with E-state index < -0.39 is 54.1 Å². The average molecular weight is 577 g/mol. The van der Waals surface area contributed by atoms with Crippen molar-refractivity contribution in [2.45, 2.75) is 77.5 Å². The smallest absolute Gasteiger partial charge is 0.405 e. The summed E-state index contributed by atoms with van der Waals surface area (Å²) in [5.41, 5.74) is 6.49. The first-order valence-electron chi connectivity index (χ1n) is 13.6. The SMILES string of the molecule is CO[C@H]1[C@@H](OC)C[C@H](C)[C@@H](OC)C2=CC(=O)C=C(NC(=O)/C(C)=C/CC[C@H](OC)[C@@H](OC(N)=O)/C(C)=C/[C@@H]1C)C2=O. The van der Waals surface area contributed by atoms with Crippen LogP contribution in [-0.2, 0) is 38.1 Å². The maximum absolute atomic E-state index is 13.4. The van der Waals surface area contributed by atoms with E-state index in [4.69, 9.17) is 29.4 Å². The molecule has 2 amide bonds. The lowest BCUT2D eigenvalue weighted by molar-refractivity contribution is -0.120. The number of hydrogen-bond donors (Lipinski definition) is 2. The molecule has 41 heavy (non-hydrogen) atoms. The van der Waals surface area contributed by atoms with Gasteiger partial charge in [0.1, 0.15) is 0 Å². The maximum atomic E-state index is 13.4. The number of amides is 2. The number of nitrogens with one attached hydrogen (secondary N) is 1. The van der Waals surface area contributed by atoms with E-state index in [2.05, 4.69) is 5.32 Å². The van der Waals surface area contributed by atoms with Gasteiger partial charge < -0.3 is 34.7 Å². The summed E-state index contributed by atoms with van der Waals surface area (Å²) in [6.45, 7) is 7.28. The lowest BCUT2D eigenvalue weighted by atomic mass is 9.84. The third kappa shape index (κ3) is 8.93. The van der Waals surface area contributed by atoms with Gasteiger partial charge in [-0.15, -0.1) is 0 Å². The maximum Gasteiger partial charge on any atom is 0.405 e. The molecule has 0 aromatic rings. The fourth-order valence-electron chi connectivity index (χ4n) is 5.52. The van der Waals surface area contributed by atoms with E-state index in [1.165, 1.54) is 20.3 Å². The van der Waals surface area contributed by atoms with Crippen LogP contribution in [0.15, 0.2) is 46.7 Å². The van der Waals surface area contributed by atoms with Gasteiger partial charge in [-0.25, -0.2) is 4.79 Å². The van der Waals surface area contributed by atoms with Crippen LogP contribution in [0.1, 0.15) is 47.0 Å². The van der Waals surface area contributed by atoms with E-state index >= 15 is 0 Å². The average Bonchev–Trinajstić information content (AvgIpc) is 2.91. The van der Waals surface area contributed by atoms with Crippen molar-refractivity contribution < 1.29 is 42.9 Å². The highest BCUT2D eigenvalue weighted by molar-refractivity contribution is 6.22. The first-order chi connectivity index (χ1) is 19.4. The molecule has 1 heterocycles. The van der Waals surface area contributed by atoms with E-state index in [9.17, 15) is 19.2 Å². The van der Waals surface area contributed by atoms with Crippen molar-refractivity contribution in [1.29, 1.82) is 0 Å². The lowest BCUT2D eigenvalue weighted by Gasteiger charge is -2.34. The van der Waals surface area contributed by atoms with Crippen molar-refractivity contribution >= 4 is 23.6 Å². The van der Waals surface area contributed by atoms with Crippen LogP contribution in [0.5, 0.6) is 0 Å². The van der Waals surface area contributed by atoms with Crippen molar-refractivity contribution in [3.63, 3.8) is 0 Å². The Morgan fingerprint density at radius 2 is 1.59 bits per heavy atom. The molecule has 2 bridgehead atoms. The normalized spacial score (nSPS) is 33.5. The van der Waals surface area contributed by atoms with Crippen LogP contribution < -0.4 is 11.1 Å². The fourth-order valence-corrected chi connectivity index (χ4v) is 5.52. The third-order valence-electron chi connectivity index (χ3n) is 7.60. The molecule has 0 spiro atoms. The van der Waals surface area contributed by atoms with Crippen LogP contribution in [0.25, 0.3) is 0 Å². The second kappa shape index (κ2) is 15.8. The number of allylic oxidation sites excluding steroid dienone is 4. The highest BCUT2D eigenvalue weighted by Crippen LogP contribution is 2.30. The van der Waals surface area contributed by atoms with Gasteiger partial charge >= 0.3 is 6.09 Å². The Morgan fingerprint density at radius 1 is 0.927 bits per heavy atom. The summed E-state index contributed by atoms with van der Waals surface area (Å²) < 4.78 is 28.6. The summed E-state index contributed by atoms with van der Waals surface area (Å²) >= 11 is 0. The largest absolute Gasteiger partial charge is 0.439 e. The van der Waals surface area contributed by atoms with Gasteiger partial charge in [0.25, 0.3) is 5.91 Å². The van der Waals surface area contributed by atoms with Crippen molar-refractivity contribution in [1.82, 2.24) is 5.32 Å². The Kier molecular flexibility index (Phi) is 13.1. The molecule has 0 aromatic heterocycles. The molecular weight excluding hydrogens is 532 g/mol. The van der Waals surface area contributed by atoms with E-state index in [1.807, 2.05) is 26.8 Å². The summed E-state index contributed by atoms with van der Waals surface area (Å²) in [6.07, 6.45) is 3.31. The van der Waals surface area contributed by atoms with Crippen molar-refractivity contribution in [3.8, 4) is 0 Å². The standard InChI is InChI=1S/C30H44N2O9/c1-16-10-9-11-23(37-5)28(41-30(31)36)18(3)12-17(2)27(40-8)24(38-6)13-19(4)26(39-7)21-14-20(33)15-22(25(21)34)32-29(16)35/h10,12,14-15,17,19,23-24,26-28H,9,11,13H2,1-8H3,(H2,31,36)(H,32,35)/b16-10+,18-12+/t17-,19-,23-,24-,26+,27+,28-/m0/s1. The summed E-state index contributed by atoms with van der Waals surface area (Å²) in [6, 6.07) is 0. The van der Waals surface area contributed by atoms with Gasteiger partial charge in [0.05, 0.1) is 30.1 Å². The number of carbonyl (C=O) groups excluding carboxylic acids is 4. The van der Waals surface area contributed by atoms with Gasteiger partial charge in [0.2, 0.25) is 5.78 Å². The van der Waals surface area contributed by atoms with Gasteiger partial charge in [-0.2, -0.15) is 0 Å². The number of Topliss-reactive ketones (excluding diaryl/α,β-unsaturated/α-hetero) is 1. The number of ether oxygens (including phenoxy) is 5. The fraction of sp³-hybridized carbons (Fsp3) is 0.600. The summed E-state index contributed by atoms with van der Waals surface area (Å²) in [5.74, 6) is -1.92. The number of primary amides is 1. The molecule has 2 aliphatic rings. The van der Waals surface area contributed by atoms with Gasteiger partial charge in [0, 0.05) is 51.6 Å². The zero-order valence-electron chi connectivity index (χ0n) is 25.2. The zero-order chi connectivity index (χ0) is 30.9. The van der Waals surface area contributed by atoms with E-state index in [0.29, 0.717) is 30.4 Å². The minimum absolute atomic E-state index is 0.117. The molecule has 0 fully saturated rings. The predicted molar refractivity (Wildman–Crippen MR) is 152 cm³/mol. The molecule has 0 unspecified atom stereocenters. The van der Waals surface area contributed by atoms with E-state index in [-0.39, 0.29) is 23.1 Å². The molecule has 0 aromatic carbocycles. The summed E-state index contributed by atoms with van der Waals surface area (Å²) in [7, 11) is 6.13. The highest BCUT2D eigenvalue weighted by atomic mass is 16.6. The molecule has 3 N–H and O–H groups in total. The number of carbonyl (C=O) groups is 4. The van der Waals surface area contributed by atoms with Crippen molar-refractivity contribution in [2.24, 2.45) is 17.6 Å². The molecule has 228 valence electrons. The van der Waals surface area contributed by atoms with Crippen LogP contribution in [0.4, 0.5) is 4.79 Å². The molecule has 1 aliphatic carbocycles. The van der Waals surface area contributed by atoms with Crippen LogP contribution >= 0.6 is 0 Å². The van der Waals surface area contributed by atoms with Crippen LogP contribution in [0.2, 0.25) is 0 Å². The number of nitrogens with two attached hydrogens (primary N) is 1. The number of ketones is 2. The minimum Gasteiger partial charge on any atom is -0.439 e. The van der Waals surface area contributed by atoms with Crippen molar-refractivity contribution in [2.75, 3.05) is 28.4 Å². The van der Waals surface area contributed by atoms with E-state index in [0.717, 1.165) is 6.08 Å². The van der Waals surface area contributed by atoms with Gasteiger partial charge in [-0.05, 0) is 50.7 Å².